The van der Waals surface area contributed by atoms with Gasteiger partial charge in [-0.25, -0.2) is 9.78 Å². The first-order valence-electron chi connectivity index (χ1n) is 6.12. The number of hydrogen-bond donors (Lipinski definition) is 0. The summed E-state index contributed by atoms with van der Waals surface area (Å²) in [4.78, 5) is 15.4. The topological polar surface area (TPSA) is 53.3 Å². The van der Waals surface area contributed by atoms with E-state index in [0.29, 0.717) is 0 Å². The van der Waals surface area contributed by atoms with Crippen LogP contribution < -0.4 is 0 Å². The molecule has 21 heavy (non-hydrogen) atoms. The van der Waals surface area contributed by atoms with Gasteiger partial charge in [-0.2, -0.15) is 13.2 Å². The van der Waals surface area contributed by atoms with Gasteiger partial charge in [-0.05, 0) is 19.1 Å². The molecule has 2 rings (SSSR count). The van der Waals surface area contributed by atoms with E-state index in [1.54, 1.807) is 6.92 Å². The van der Waals surface area contributed by atoms with E-state index in [1.165, 1.54) is 25.3 Å². The van der Waals surface area contributed by atoms with Gasteiger partial charge in [-0.15, -0.1) is 0 Å². The summed E-state index contributed by atoms with van der Waals surface area (Å²) in [5.41, 5.74) is 0.102. The zero-order valence-electron chi connectivity index (χ0n) is 11.4. The van der Waals surface area contributed by atoms with Crippen molar-refractivity contribution < 1.29 is 27.4 Å². The zero-order valence-corrected chi connectivity index (χ0v) is 11.4. The lowest BCUT2D eigenvalue weighted by Crippen LogP contribution is -2.15. The largest absolute Gasteiger partial charge is 0.462 e. The molecule has 0 N–H and O–H groups in total. The second-order valence-corrected chi connectivity index (χ2v) is 4.17. The molecule has 5 nitrogen and oxygen atoms in total. The van der Waals surface area contributed by atoms with Crippen LogP contribution in [-0.4, -0.2) is 29.2 Å². The normalized spacial score (nSPS) is 11.9. The second kappa shape index (κ2) is 5.72. The molecule has 1 aromatic heterocycles. The SMILES string of the molecule is CCOC(=O)c1cccc2c1nc(C(F)(F)F)n2COC. The Balaban J connectivity index is 2.69. The minimum Gasteiger partial charge on any atom is -0.462 e. The molecule has 0 bridgehead atoms. The fraction of sp³-hybridized carbons (Fsp3) is 0.385. The number of nitrogens with zero attached hydrogens (tertiary/aromatic N) is 2. The van der Waals surface area contributed by atoms with Gasteiger partial charge in [0.1, 0.15) is 12.2 Å². The molecule has 0 fully saturated rings. The van der Waals surface area contributed by atoms with Crippen LogP contribution in [0.15, 0.2) is 18.2 Å². The van der Waals surface area contributed by atoms with Gasteiger partial charge in [0.25, 0.3) is 0 Å². The molecule has 1 heterocycles. The third-order valence-electron chi connectivity index (χ3n) is 2.79. The van der Waals surface area contributed by atoms with Gasteiger partial charge < -0.3 is 9.47 Å². The number of esters is 1. The van der Waals surface area contributed by atoms with Crippen molar-refractivity contribution in [3.63, 3.8) is 0 Å². The molecule has 0 aliphatic rings. The number of benzene rings is 1. The van der Waals surface area contributed by atoms with E-state index >= 15 is 0 Å². The molecule has 0 atom stereocenters. The van der Waals surface area contributed by atoms with Crippen molar-refractivity contribution in [3.8, 4) is 0 Å². The second-order valence-electron chi connectivity index (χ2n) is 4.17. The van der Waals surface area contributed by atoms with Crippen molar-refractivity contribution in [1.29, 1.82) is 0 Å². The number of rotatable bonds is 4. The summed E-state index contributed by atoms with van der Waals surface area (Å²) in [7, 11) is 1.28. The molecule has 0 saturated carbocycles. The fourth-order valence-corrected chi connectivity index (χ4v) is 2.00. The van der Waals surface area contributed by atoms with Gasteiger partial charge in [0.2, 0.25) is 5.82 Å². The van der Waals surface area contributed by atoms with Crippen molar-refractivity contribution in [2.24, 2.45) is 0 Å². The highest BCUT2D eigenvalue weighted by molar-refractivity contribution is 6.02. The lowest BCUT2D eigenvalue weighted by atomic mass is 10.2. The molecule has 1 aromatic carbocycles. The van der Waals surface area contributed by atoms with Crippen LogP contribution in [0.3, 0.4) is 0 Å². The average Bonchev–Trinajstić information content (AvgIpc) is 2.78. The summed E-state index contributed by atoms with van der Waals surface area (Å²) >= 11 is 0. The van der Waals surface area contributed by atoms with E-state index in [0.717, 1.165) is 4.57 Å². The Kier molecular flexibility index (Phi) is 4.17. The Morgan fingerprint density at radius 2 is 2.10 bits per heavy atom. The van der Waals surface area contributed by atoms with Crippen LogP contribution >= 0.6 is 0 Å². The molecule has 0 radical (unpaired) electrons. The van der Waals surface area contributed by atoms with Crippen molar-refractivity contribution in [2.75, 3.05) is 13.7 Å². The van der Waals surface area contributed by atoms with E-state index in [9.17, 15) is 18.0 Å². The highest BCUT2D eigenvalue weighted by Crippen LogP contribution is 2.32. The lowest BCUT2D eigenvalue weighted by molar-refractivity contribution is -0.148. The third kappa shape index (κ3) is 2.85. The van der Waals surface area contributed by atoms with Crippen molar-refractivity contribution in [3.05, 3.63) is 29.6 Å². The van der Waals surface area contributed by atoms with Crippen LogP contribution in [0.5, 0.6) is 0 Å². The molecule has 0 spiro atoms. The number of halogens is 3. The number of imidazole rings is 1. The highest BCUT2D eigenvalue weighted by Gasteiger charge is 2.38. The number of methoxy groups -OCH3 is 1. The fourth-order valence-electron chi connectivity index (χ4n) is 2.00. The quantitative estimate of drug-likeness (QED) is 0.815. The Bertz CT molecular complexity index is 664. The van der Waals surface area contributed by atoms with Crippen LogP contribution in [0.4, 0.5) is 13.2 Å². The third-order valence-corrected chi connectivity index (χ3v) is 2.79. The molecule has 0 saturated heterocycles. The molecule has 0 unspecified atom stereocenters. The number of fused-ring (bicyclic) bond motifs is 1. The molecule has 0 aliphatic carbocycles. The zero-order chi connectivity index (χ0) is 15.6. The smallest absolute Gasteiger partial charge is 0.449 e. The summed E-state index contributed by atoms with van der Waals surface area (Å²) in [5.74, 6) is -1.82. The minimum atomic E-state index is -4.65. The lowest BCUT2D eigenvalue weighted by Gasteiger charge is -2.09. The maximum atomic E-state index is 13.0. The average molecular weight is 302 g/mol. The van der Waals surface area contributed by atoms with Gasteiger partial charge in [-0.3, -0.25) is 4.57 Å². The van der Waals surface area contributed by atoms with Gasteiger partial charge in [0.15, 0.2) is 0 Å². The van der Waals surface area contributed by atoms with Crippen LogP contribution in [0.1, 0.15) is 23.1 Å². The first-order chi connectivity index (χ1) is 9.90. The van der Waals surface area contributed by atoms with Crippen LogP contribution in [0.2, 0.25) is 0 Å². The Labute approximate surface area is 118 Å². The maximum Gasteiger partial charge on any atom is 0.449 e. The summed E-state index contributed by atoms with van der Waals surface area (Å²) in [6, 6.07) is 4.30. The number of hydrogen-bond acceptors (Lipinski definition) is 4. The first-order valence-corrected chi connectivity index (χ1v) is 6.12. The predicted molar refractivity (Wildman–Crippen MR) is 67.7 cm³/mol. The highest BCUT2D eigenvalue weighted by atomic mass is 19.4. The van der Waals surface area contributed by atoms with Gasteiger partial charge >= 0.3 is 12.1 Å². The Hall–Kier alpha value is -2.09. The summed E-state index contributed by atoms with van der Waals surface area (Å²) in [5, 5.41) is 0. The predicted octanol–water partition coefficient (Wildman–Crippen LogP) is 2.84. The number of carbonyl (C=O) groups excluding carboxylic acids is 1. The number of aromatic nitrogens is 2. The van der Waals surface area contributed by atoms with Crippen molar-refractivity contribution in [2.45, 2.75) is 19.8 Å². The first kappa shape index (κ1) is 15.3. The van der Waals surface area contributed by atoms with Gasteiger partial charge in [0, 0.05) is 7.11 Å². The van der Waals surface area contributed by atoms with Crippen LogP contribution in [0, 0.1) is 0 Å². The Morgan fingerprint density at radius 3 is 2.67 bits per heavy atom. The molecule has 0 aliphatic heterocycles. The number of carbonyl (C=O) groups is 1. The number of para-hydroxylation sites is 1. The van der Waals surface area contributed by atoms with E-state index in [1.807, 2.05) is 0 Å². The van der Waals surface area contributed by atoms with Crippen molar-refractivity contribution in [1.82, 2.24) is 9.55 Å². The minimum absolute atomic E-state index is 0.00490. The standard InChI is InChI=1S/C13H13F3N2O3/c1-3-21-11(19)8-5-4-6-9-10(8)17-12(13(14,15)16)18(9)7-20-2/h4-6H,3,7H2,1-2H3. The molecule has 2 aromatic rings. The molecular weight excluding hydrogens is 289 g/mol. The molecule has 8 heteroatoms. The Morgan fingerprint density at radius 1 is 1.38 bits per heavy atom. The number of ether oxygens (including phenoxy) is 2. The van der Waals surface area contributed by atoms with Crippen LogP contribution in [0.25, 0.3) is 11.0 Å². The number of alkyl halides is 3. The van der Waals surface area contributed by atoms with E-state index in [2.05, 4.69) is 4.98 Å². The van der Waals surface area contributed by atoms with Crippen LogP contribution in [-0.2, 0) is 22.4 Å². The van der Waals surface area contributed by atoms with E-state index in [-0.39, 0.29) is 29.9 Å². The maximum absolute atomic E-state index is 13.0. The van der Waals surface area contributed by atoms with Gasteiger partial charge in [-0.1, -0.05) is 6.07 Å². The molecular formula is C13H13F3N2O3. The van der Waals surface area contributed by atoms with Crippen molar-refractivity contribution >= 4 is 17.0 Å². The summed E-state index contributed by atoms with van der Waals surface area (Å²) < 4.78 is 49.6. The summed E-state index contributed by atoms with van der Waals surface area (Å²) in [6.07, 6.45) is -4.65. The molecule has 114 valence electrons. The van der Waals surface area contributed by atoms with E-state index < -0.39 is 18.0 Å². The van der Waals surface area contributed by atoms with E-state index in [4.69, 9.17) is 9.47 Å². The summed E-state index contributed by atoms with van der Waals surface area (Å²) in [6.45, 7) is 1.42. The molecule has 0 amide bonds. The monoisotopic (exact) mass is 302 g/mol. The van der Waals surface area contributed by atoms with Gasteiger partial charge in [0.05, 0.1) is 17.7 Å².